The number of rotatable bonds is 4. The third-order valence-electron chi connectivity index (χ3n) is 2.94. The van der Waals surface area contributed by atoms with Crippen molar-refractivity contribution in [2.45, 2.75) is 6.10 Å². The summed E-state index contributed by atoms with van der Waals surface area (Å²) in [4.78, 5) is 12.8. The van der Waals surface area contributed by atoms with Gasteiger partial charge in [-0.05, 0) is 18.2 Å². The number of hydrogen-bond acceptors (Lipinski definition) is 7. The second-order valence-electron chi connectivity index (χ2n) is 4.18. The average molecular weight is 271 g/mol. The lowest BCUT2D eigenvalue weighted by molar-refractivity contribution is 0.0804. The molecule has 2 aromatic heterocycles. The van der Waals surface area contributed by atoms with Crippen molar-refractivity contribution in [1.29, 1.82) is 0 Å². The molecule has 0 radical (unpaired) electrons. The summed E-state index contributed by atoms with van der Waals surface area (Å²) in [5.41, 5.74) is 7.96. The highest BCUT2D eigenvalue weighted by atomic mass is 16.5. The molecule has 1 atom stereocenters. The zero-order valence-electron chi connectivity index (χ0n) is 10.9. The van der Waals surface area contributed by atoms with Gasteiger partial charge in [0.25, 0.3) is 5.89 Å². The number of ether oxygens (including phenoxy) is 1. The predicted molar refractivity (Wildman–Crippen MR) is 71.6 cm³/mol. The van der Waals surface area contributed by atoms with Crippen LogP contribution in [0.4, 0.5) is 0 Å². The van der Waals surface area contributed by atoms with Gasteiger partial charge in [0.2, 0.25) is 5.82 Å². The first kappa shape index (κ1) is 12.6. The smallest absolute Gasteiger partial charge is 0.257 e. The molecule has 102 valence electrons. The number of nitrogens with two attached hydrogens (primary N) is 1. The van der Waals surface area contributed by atoms with Gasteiger partial charge in [-0.3, -0.25) is 9.97 Å². The van der Waals surface area contributed by atoms with E-state index in [4.69, 9.17) is 15.0 Å². The Kier molecular flexibility index (Phi) is 3.36. The first-order valence-electron chi connectivity index (χ1n) is 6.09. The maximum Gasteiger partial charge on any atom is 0.257 e. The van der Waals surface area contributed by atoms with Gasteiger partial charge in [-0.25, -0.2) is 0 Å². The Balaban J connectivity index is 1.98. The highest BCUT2D eigenvalue weighted by Gasteiger charge is 2.17. The summed E-state index contributed by atoms with van der Waals surface area (Å²) in [7, 11) is 1.55. The minimum atomic E-state index is -0.392. The van der Waals surface area contributed by atoms with Gasteiger partial charge in [0.15, 0.2) is 0 Å². The Morgan fingerprint density at radius 2 is 2.05 bits per heavy atom. The minimum Gasteiger partial charge on any atom is -0.370 e. The molecule has 1 unspecified atom stereocenters. The van der Waals surface area contributed by atoms with E-state index >= 15 is 0 Å². The number of hydrogen-bond donors (Lipinski definition) is 1. The van der Waals surface area contributed by atoms with Gasteiger partial charge in [0.1, 0.15) is 6.10 Å². The summed E-state index contributed by atoms with van der Waals surface area (Å²) in [5, 5.41) is 3.94. The SMILES string of the molecule is COC(CN)c1nc(-c2ccc3nccnc3c2)no1. The quantitative estimate of drug-likeness (QED) is 0.763. The van der Waals surface area contributed by atoms with Crippen LogP contribution in [0.25, 0.3) is 22.4 Å². The molecule has 2 N–H and O–H groups in total. The van der Waals surface area contributed by atoms with Crippen molar-refractivity contribution in [3.63, 3.8) is 0 Å². The Morgan fingerprint density at radius 1 is 1.25 bits per heavy atom. The van der Waals surface area contributed by atoms with Gasteiger partial charge < -0.3 is 15.0 Å². The van der Waals surface area contributed by atoms with Crippen LogP contribution in [0.3, 0.4) is 0 Å². The molecular weight excluding hydrogens is 258 g/mol. The van der Waals surface area contributed by atoms with Crippen LogP contribution in [-0.4, -0.2) is 33.8 Å². The Hall–Kier alpha value is -2.38. The number of fused-ring (bicyclic) bond motifs is 1. The van der Waals surface area contributed by atoms with Gasteiger partial charge in [-0.1, -0.05) is 5.16 Å². The third kappa shape index (κ3) is 2.24. The summed E-state index contributed by atoms with van der Waals surface area (Å²) in [6.45, 7) is 0.279. The molecule has 20 heavy (non-hydrogen) atoms. The van der Waals surface area contributed by atoms with Gasteiger partial charge >= 0.3 is 0 Å². The van der Waals surface area contributed by atoms with E-state index in [1.807, 2.05) is 18.2 Å². The van der Waals surface area contributed by atoms with E-state index in [9.17, 15) is 0 Å². The van der Waals surface area contributed by atoms with Crippen molar-refractivity contribution >= 4 is 11.0 Å². The highest BCUT2D eigenvalue weighted by molar-refractivity contribution is 5.79. The largest absolute Gasteiger partial charge is 0.370 e. The lowest BCUT2D eigenvalue weighted by Gasteiger charge is -2.05. The molecule has 0 saturated heterocycles. The predicted octanol–water partition coefficient (Wildman–Crippen LogP) is 1.33. The molecule has 3 aromatic rings. The number of nitrogens with zero attached hydrogens (tertiary/aromatic N) is 4. The normalized spacial score (nSPS) is 12.7. The molecule has 3 rings (SSSR count). The fourth-order valence-corrected chi connectivity index (χ4v) is 1.88. The van der Waals surface area contributed by atoms with Crippen molar-refractivity contribution in [1.82, 2.24) is 20.1 Å². The zero-order chi connectivity index (χ0) is 13.9. The van der Waals surface area contributed by atoms with Crippen LogP contribution in [0.5, 0.6) is 0 Å². The van der Waals surface area contributed by atoms with Crippen LogP contribution in [0, 0.1) is 0 Å². The van der Waals surface area contributed by atoms with E-state index in [1.165, 1.54) is 0 Å². The number of benzene rings is 1. The average Bonchev–Trinajstić information content (AvgIpc) is 2.98. The van der Waals surface area contributed by atoms with Crippen LogP contribution in [0.2, 0.25) is 0 Å². The second-order valence-corrected chi connectivity index (χ2v) is 4.18. The monoisotopic (exact) mass is 271 g/mol. The fourth-order valence-electron chi connectivity index (χ4n) is 1.88. The topological polar surface area (TPSA) is 100.0 Å². The molecule has 7 heteroatoms. The number of methoxy groups -OCH3 is 1. The minimum absolute atomic E-state index is 0.279. The standard InChI is InChI=1S/C13H13N5O2/c1-19-11(7-14)13-17-12(18-20-13)8-2-3-9-10(6-8)16-5-4-15-9/h2-6,11H,7,14H2,1H3. The van der Waals surface area contributed by atoms with Crippen LogP contribution in [0.1, 0.15) is 12.0 Å². The van der Waals surface area contributed by atoms with Crippen LogP contribution >= 0.6 is 0 Å². The first-order valence-corrected chi connectivity index (χ1v) is 6.09. The molecular formula is C13H13N5O2. The summed E-state index contributed by atoms with van der Waals surface area (Å²) < 4.78 is 10.3. The van der Waals surface area contributed by atoms with Crippen molar-refractivity contribution in [3.05, 3.63) is 36.5 Å². The fraction of sp³-hybridized carbons (Fsp3) is 0.231. The maximum atomic E-state index is 5.57. The highest BCUT2D eigenvalue weighted by Crippen LogP contribution is 2.22. The lowest BCUT2D eigenvalue weighted by Crippen LogP contribution is -2.14. The molecule has 0 bridgehead atoms. The molecule has 0 aliphatic carbocycles. The Labute approximate surface area is 114 Å². The summed E-state index contributed by atoms with van der Waals surface area (Å²) in [6, 6.07) is 5.60. The van der Waals surface area contributed by atoms with E-state index in [-0.39, 0.29) is 6.54 Å². The molecule has 0 fully saturated rings. The first-order chi connectivity index (χ1) is 9.81. The maximum absolute atomic E-state index is 5.57. The molecule has 0 aliphatic rings. The van der Waals surface area contributed by atoms with Gasteiger partial charge in [0, 0.05) is 31.6 Å². The Bertz CT molecular complexity index is 723. The van der Waals surface area contributed by atoms with Crippen molar-refractivity contribution in [2.24, 2.45) is 5.73 Å². The van der Waals surface area contributed by atoms with Gasteiger partial charge in [-0.2, -0.15) is 4.98 Å². The van der Waals surface area contributed by atoms with Gasteiger partial charge in [-0.15, -0.1) is 0 Å². The van der Waals surface area contributed by atoms with Crippen LogP contribution in [0.15, 0.2) is 35.1 Å². The van der Waals surface area contributed by atoms with E-state index in [1.54, 1.807) is 19.5 Å². The molecule has 0 saturated carbocycles. The van der Waals surface area contributed by atoms with E-state index in [0.29, 0.717) is 11.7 Å². The third-order valence-corrected chi connectivity index (χ3v) is 2.94. The zero-order valence-corrected chi connectivity index (χ0v) is 10.9. The molecule has 2 heterocycles. The lowest BCUT2D eigenvalue weighted by atomic mass is 10.2. The van der Waals surface area contributed by atoms with E-state index in [2.05, 4.69) is 20.1 Å². The van der Waals surface area contributed by atoms with Crippen molar-refractivity contribution < 1.29 is 9.26 Å². The molecule has 1 aromatic carbocycles. The number of aromatic nitrogens is 4. The summed E-state index contributed by atoms with van der Waals surface area (Å²) in [5.74, 6) is 0.840. The molecule has 7 nitrogen and oxygen atoms in total. The van der Waals surface area contributed by atoms with E-state index < -0.39 is 6.10 Å². The second kappa shape index (κ2) is 5.32. The molecule has 0 amide bonds. The molecule has 0 aliphatic heterocycles. The molecule has 0 spiro atoms. The van der Waals surface area contributed by atoms with E-state index in [0.717, 1.165) is 16.6 Å². The Morgan fingerprint density at radius 3 is 2.80 bits per heavy atom. The van der Waals surface area contributed by atoms with Crippen LogP contribution in [-0.2, 0) is 4.74 Å². The van der Waals surface area contributed by atoms with Crippen LogP contribution < -0.4 is 5.73 Å². The summed E-state index contributed by atoms with van der Waals surface area (Å²) in [6.07, 6.45) is 2.90. The van der Waals surface area contributed by atoms with Crippen molar-refractivity contribution in [3.8, 4) is 11.4 Å². The van der Waals surface area contributed by atoms with Gasteiger partial charge in [0.05, 0.1) is 11.0 Å². The van der Waals surface area contributed by atoms with Crippen molar-refractivity contribution in [2.75, 3.05) is 13.7 Å². The summed E-state index contributed by atoms with van der Waals surface area (Å²) >= 11 is 0.